The van der Waals surface area contributed by atoms with Crippen molar-refractivity contribution in [3.63, 3.8) is 0 Å². The van der Waals surface area contributed by atoms with E-state index >= 15 is 0 Å². The molecule has 4 nitrogen and oxygen atoms in total. The lowest BCUT2D eigenvalue weighted by Crippen LogP contribution is -2.12. The van der Waals surface area contributed by atoms with Gasteiger partial charge in [-0.3, -0.25) is 4.79 Å². The van der Waals surface area contributed by atoms with E-state index in [1.165, 1.54) is 13.2 Å². The summed E-state index contributed by atoms with van der Waals surface area (Å²) < 4.78 is 30.5. The molecule has 0 radical (unpaired) electrons. The molecule has 0 unspecified atom stereocenters. The molecule has 16 heavy (non-hydrogen) atoms. The van der Waals surface area contributed by atoms with E-state index in [9.17, 15) is 13.6 Å². The number of halogens is 2. The summed E-state index contributed by atoms with van der Waals surface area (Å²) >= 11 is 0. The summed E-state index contributed by atoms with van der Waals surface area (Å²) in [5.74, 6) is -2.48. The molecule has 88 valence electrons. The first kappa shape index (κ1) is 12.2. The summed E-state index contributed by atoms with van der Waals surface area (Å²) in [5.41, 5.74) is 5.41. The highest BCUT2D eigenvalue weighted by Crippen LogP contribution is 2.24. The fourth-order valence-electron chi connectivity index (χ4n) is 1.14. The van der Waals surface area contributed by atoms with Crippen LogP contribution < -0.4 is 11.1 Å². The van der Waals surface area contributed by atoms with Crippen molar-refractivity contribution in [1.29, 1.82) is 0 Å². The lowest BCUT2D eigenvalue weighted by molar-refractivity contribution is -0.140. The van der Waals surface area contributed by atoms with Crippen molar-refractivity contribution in [1.82, 2.24) is 0 Å². The van der Waals surface area contributed by atoms with Gasteiger partial charge in [0.25, 0.3) is 0 Å². The first-order chi connectivity index (χ1) is 7.56. The van der Waals surface area contributed by atoms with Gasteiger partial charge in [0.05, 0.1) is 24.9 Å². The van der Waals surface area contributed by atoms with E-state index < -0.39 is 17.6 Å². The first-order valence-corrected chi connectivity index (χ1v) is 4.60. The van der Waals surface area contributed by atoms with Gasteiger partial charge in [0, 0.05) is 6.54 Å². The Bertz CT molecular complexity index is 397. The van der Waals surface area contributed by atoms with Crippen LogP contribution in [0.2, 0.25) is 0 Å². The zero-order chi connectivity index (χ0) is 12.1. The van der Waals surface area contributed by atoms with Crippen molar-refractivity contribution in [2.24, 2.45) is 0 Å². The summed E-state index contributed by atoms with van der Waals surface area (Å²) in [5, 5.41) is 2.55. The fraction of sp³-hybridized carbons (Fsp3) is 0.300. The summed E-state index contributed by atoms with van der Waals surface area (Å²) in [4.78, 5) is 10.8. The Balaban J connectivity index is 2.67. The molecule has 6 heteroatoms. The minimum atomic E-state index is -1.05. The third-order valence-electron chi connectivity index (χ3n) is 1.99. The second-order valence-electron chi connectivity index (χ2n) is 3.08. The van der Waals surface area contributed by atoms with Crippen LogP contribution in [-0.2, 0) is 9.53 Å². The van der Waals surface area contributed by atoms with Crippen LogP contribution in [0, 0.1) is 11.6 Å². The number of carbonyl (C=O) groups is 1. The Labute approximate surface area is 91.4 Å². The molecular formula is C10H12F2N2O2. The molecule has 0 aliphatic carbocycles. The normalized spacial score (nSPS) is 9.94. The van der Waals surface area contributed by atoms with Crippen LogP contribution in [0.25, 0.3) is 0 Å². The number of hydrogen-bond acceptors (Lipinski definition) is 4. The maximum absolute atomic E-state index is 13.2. The van der Waals surface area contributed by atoms with Gasteiger partial charge in [-0.2, -0.15) is 0 Å². The number of nitrogens with two attached hydrogens (primary N) is 1. The molecule has 0 saturated heterocycles. The van der Waals surface area contributed by atoms with E-state index in [1.807, 2.05) is 0 Å². The molecule has 3 N–H and O–H groups in total. The predicted molar refractivity (Wildman–Crippen MR) is 55.9 cm³/mol. The smallest absolute Gasteiger partial charge is 0.307 e. The predicted octanol–water partition coefficient (Wildman–Crippen LogP) is 1.52. The van der Waals surface area contributed by atoms with Crippen LogP contribution >= 0.6 is 0 Å². The van der Waals surface area contributed by atoms with Gasteiger partial charge in [0.2, 0.25) is 0 Å². The third-order valence-corrected chi connectivity index (χ3v) is 1.99. The highest BCUT2D eigenvalue weighted by atomic mass is 19.2. The van der Waals surface area contributed by atoms with Crippen LogP contribution in [0.4, 0.5) is 20.2 Å². The Morgan fingerprint density at radius 3 is 2.81 bits per heavy atom. The van der Waals surface area contributed by atoms with Crippen LogP contribution in [0.5, 0.6) is 0 Å². The molecule has 0 spiro atoms. The van der Waals surface area contributed by atoms with E-state index in [2.05, 4.69) is 10.1 Å². The zero-order valence-electron chi connectivity index (χ0n) is 8.72. The summed E-state index contributed by atoms with van der Waals surface area (Å²) in [6.07, 6.45) is 0.0475. The number of nitrogens with one attached hydrogen (secondary N) is 1. The van der Waals surface area contributed by atoms with Gasteiger partial charge in [-0.1, -0.05) is 0 Å². The van der Waals surface area contributed by atoms with Crippen LogP contribution in [-0.4, -0.2) is 19.6 Å². The van der Waals surface area contributed by atoms with Gasteiger partial charge in [-0.15, -0.1) is 0 Å². The molecule has 0 fully saturated rings. The molecule has 0 heterocycles. The van der Waals surface area contributed by atoms with Crippen molar-refractivity contribution >= 4 is 17.3 Å². The molecular weight excluding hydrogens is 218 g/mol. The summed E-state index contributed by atoms with van der Waals surface area (Å²) in [7, 11) is 1.25. The molecule has 0 aliphatic heterocycles. The van der Waals surface area contributed by atoms with Crippen molar-refractivity contribution in [3.8, 4) is 0 Å². The number of ether oxygens (including phenoxy) is 1. The molecule has 0 bridgehead atoms. The number of anilines is 2. The largest absolute Gasteiger partial charge is 0.469 e. The number of rotatable bonds is 4. The van der Waals surface area contributed by atoms with Crippen LogP contribution in [0.15, 0.2) is 12.1 Å². The number of esters is 1. The van der Waals surface area contributed by atoms with E-state index in [4.69, 9.17) is 5.73 Å². The highest BCUT2D eigenvalue weighted by molar-refractivity contribution is 5.71. The molecule has 0 atom stereocenters. The maximum Gasteiger partial charge on any atom is 0.307 e. The molecule has 1 rings (SSSR count). The van der Waals surface area contributed by atoms with Gasteiger partial charge in [-0.05, 0) is 12.1 Å². The molecule has 1 aromatic carbocycles. The van der Waals surface area contributed by atoms with Crippen LogP contribution in [0.3, 0.4) is 0 Å². The Hall–Kier alpha value is -1.85. The lowest BCUT2D eigenvalue weighted by Gasteiger charge is -2.09. The minimum absolute atomic E-state index is 0.0475. The number of nitrogen functional groups attached to an aromatic ring is 1. The van der Waals surface area contributed by atoms with E-state index in [1.54, 1.807) is 0 Å². The Morgan fingerprint density at radius 2 is 2.19 bits per heavy atom. The van der Waals surface area contributed by atoms with Gasteiger partial charge in [0.1, 0.15) is 0 Å². The SMILES string of the molecule is COC(=O)CCNc1c(N)ccc(F)c1F. The van der Waals surface area contributed by atoms with Crippen molar-refractivity contribution in [3.05, 3.63) is 23.8 Å². The van der Waals surface area contributed by atoms with Crippen LogP contribution in [0.1, 0.15) is 6.42 Å². The number of methoxy groups -OCH3 is 1. The topological polar surface area (TPSA) is 64.3 Å². The molecule has 1 aromatic rings. The molecule has 0 aromatic heterocycles. The van der Waals surface area contributed by atoms with Gasteiger partial charge < -0.3 is 15.8 Å². The third kappa shape index (κ3) is 2.82. The van der Waals surface area contributed by atoms with Crippen molar-refractivity contribution in [2.75, 3.05) is 24.7 Å². The number of carbonyl (C=O) groups excluding carboxylic acids is 1. The van der Waals surface area contributed by atoms with Gasteiger partial charge >= 0.3 is 5.97 Å². The molecule has 0 aliphatic rings. The van der Waals surface area contributed by atoms with Gasteiger partial charge in [-0.25, -0.2) is 8.78 Å². The van der Waals surface area contributed by atoms with E-state index in [0.717, 1.165) is 6.07 Å². The van der Waals surface area contributed by atoms with E-state index in [-0.39, 0.29) is 24.3 Å². The number of hydrogen-bond donors (Lipinski definition) is 2. The first-order valence-electron chi connectivity index (χ1n) is 4.60. The van der Waals surface area contributed by atoms with Gasteiger partial charge in [0.15, 0.2) is 11.6 Å². The highest BCUT2D eigenvalue weighted by Gasteiger charge is 2.11. The zero-order valence-corrected chi connectivity index (χ0v) is 8.72. The van der Waals surface area contributed by atoms with E-state index in [0.29, 0.717) is 0 Å². The fourth-order valence-corrected chi connectivity index (χ4v) is 1.14. The summed E-state index contributed by atoms with van der Waals surface area (Å²) in [6.45, 7) is 0.122. The Kier molecular flexibility index (Phi) is 4.04. The van der Waals surface area contributed by atoms with Crippen molar-refractivity contribution in [2.45, 2.75) is 6.42 Å². The maximum atomic E-state index is 13.2. The average molecular weight is 230 g/mol. The minimum Gasteiger partial charge on any atom is -0.469 e. The second-order valence-corrected chi connectivity index (χ2v) is 3.08. The second kappa shape index (κ2) is 5.29. The lowest BCUT2D eigenvalue weighted by atomic mass is 10.2. The summed E-state index contributed by atoms with van der Waals surface area (Å²) in [6, 6.07) is 2.19. The molecule has 0 saturated carbocycles. The quantitative estimate of drug-likeness (QED) is 0.608. The molecule has 0 amide bonds. The van der Waals surface area contributed by atoms with Crippen molar-refractivity contribution < 1.29 is 18.3 Å². The monoisotopic (exact) mass is 230 g/mol. The number of benzene rings is 1. The standard InChI is InChI=1S/C10H12F2N2O2/c1-16-8(15)4-5-14-10-7(13)3-2-6(11)9(10)12/h2-3,14H,4-5,13H2,1H3. The Morgan fingerprint density at radius 1 is 1.50 bits per heavy atom. The average Bonchev–Trinajstić information content (AvgIpc) is 2.28.